The predicted octanol–water partition coefficient (Wildman–Crippen LogP) is 2.50. The van der Waals surface area contributed by atoms with Crippen molar-refractivity contribution < 1.29 is 9.90 Å². The Kier molecular flexibility index (Phi) is 7.65. The Morgan fingerprint density at radius 2 is 1.78 bits per heavy atom. The lowest BCUT2D eigenvalue weighted by Gasteiger charge is -2.35. The molecular weight excluding hydrogens is 456 g/mol. The van der Waals surface area contributed by atoms with Crippen molar-refractivity contribution in [2.24, 2.45) is 0 Å². The van der Waals surface area contributed by atoms with Gasteiger partial charge in [-0.25, -0.2) is 19.7 Å². The summed E-state index contributed by atoms with van der Waals surface area (Å²) in [6.07, 6.45) is 4.53. The van der Waals surface area contributed by atoms with Crippen LogP contribution in [0.2, 0.25) is 0 Å². The number of carbonyl (C=O) groups is 1. The second-order valence-corrected chi connectivity index (χ2v) is 9.15. The molecule has 5 aliphatic heterocycles. The van der Waals surface area contributed by atoms with E-state index in [-0.39, 0.29) is 0 Å². The van der Waals surface area contributed by atoms with Crippen molar-refractivity contribution in [3.8, 4) is 11.3 Å². The van der Waals surface area contributed by atoms with E-state index in [0.717, 1.165) is 87.1 Å². The largest absolute Gasteiger partial charge is 0.478 e. The number of rotatable bonds is 1. The standard InChI is InChI=1S/C26H32N8O2/c35-25(36)22-4-3-21-16-20(22)18-34-14-12-33(13-15-34)11-10-27-7-1-8-28-24-5-2-19(17-30-24)23-6-9-29-26(31-21)32-23/h2-6,9,16-17,27H,1,7-8,10-15,18H2,(H,28,30)(H,35,36)(H,29,31,32). The van der Waals surface area contributed by atoms with Gasteiger partial charge >= 0.3 is 5.97 Å². The minimum atomic E-state index is -0.915. The third-order valence-corrected chi connectivity index (χ3v) is 6.61. The summed E-state index contributed by atoms with van der Waals surface area (Å²) in [5.41, 5.74) is 3.52. The van der Waals surface area contributed by atoms with E-state index in [9.17, 15) is 9.90 Å². The van der Waals surface area contributed by atoms with Crippen LogP contribution in [0, 0.1) is 0 Å². The molecule has 10 heteroatoms. The monoisotopic (exact) mass is 488 g/mol. The highest BCUT2D eigenvalue weighted by molar-refractivity contribution is 5.90. The van der Waals surface area contributed by atoms with Gasteiger partial charge in [0.1, 0.15) is 5.82 Å². The molecule has 36 heavy (non-hydrogen) atoms. The highest BCUT2D eigenvalue weighted by Gasteiger charge is 2.20. The van der Waals surface area contributed by atoms with E-state index in [0.29, 0.717) is 18.1 Å². The van der Waals surface area contributed by atoms with E-state index in [1.807, 2.05) is 24.3 Å². The van der Waals surface area contributed by atoms with Gasteiger partial charge in [0, 0.05) is 76.0 Å². The zero-order chi connectivity index (χ0) is 24.7. The van der Waals surface area contributed by atoms with Crippen LogP contribution < -0.4 is 16.0 Å². The number of carboxylic acid groups (broad SMARTS) is 1. The van der Waals surface area contributed by atoms with Crippen LogP contribution in [0.4, 0.5) is 17.5 Å². The molecule has 4 N–H and O–H groups in total. The van der Waals surface area contributed by atoms with Gasteiger partial charge < -0.3 is 21.1 Å². The number of aromatic nitrogens is 3. The quantitative estimate of drug-likeness (QED) is 0.407. The molecule has 3 aromatic rings. The van der Waals surface area contributed by atoms with Crippen LogP contribution in [0.15, 0.2) is 48.8 Å². The SMILES string of the molecule is O=C(O)c1ccc2cc1CN1CCN(CCNCCCNc3ccc(cn3)-c3ccnc(n3)N2)CC1. The van der Waals surface area contributed by atoms with Gasteiger partial charge in [0.2, 0.25) is 5.95 Å². The molecule has 0 aliphatic carbocycles. The maximum atomic E-state index is 11.9. The topological polar surface area (TPSA) is 119 Å². The van der Waals surface area contributed by atoms with Crippen molar-refractivity contribution in [1.82, 2.24) is 30.1 Å². The minimum Gasteiger partial charge on any atom is -0.478 e. The predicted molar refractivity (Wildman–Crippen MR) is 140 cm³/mol. The number of hydrogen-bond donors (Lipinski definition) is 4. The van der Waals surface area contributed by atoms with E-state index in [1.165, 1.54) is 0 Å². The molecule has 0 unspecified atom stereocenters. The third kappa shape index (κ3) is 6.14. The Hall–Kier alpha value is -3.60. The molecule has 8 rings (SSSR count). The van der Waals surface area contributed by atoms with Crippen molar-refractivity contribution >= 4 is 23.4 Å². The molecule has 5 aliphatic rings. The van der Waals surface area contributed by atoms with Crippen LogP contribution in [0.25, 0.3) is 11.3 Å². The van der Waals surface area contributed by atoms with Crippen LogP contribution in [0.5, 0.6) is 0 Å². The van der Waals surface area contributed by atoms with E-state index >= 15 is 0 Å². The van der Waals surface area contributed by atoms with Gasteiger partial charge in [-0.1, -0.05) is 0 Å². The molecule has 1 aromatic carbocycles. The number of nitrogens with zero attached hydrogens (tertiary/aromatic N) is 5. The number of benzene rings is 1. The molecular formula is C26H32N8O2. The van der Waals surface area contributed by atoms with Crippen molar-refractivity contribution in [2.75, 3.05) is 63.0 Å². The molecule has 10 nitrogen and oxygen atoms in total. The molecule has 8 bridgehead atoms. The maximum Gasteiger partial charge on any atom is 0.336 e. The maximum absolute atomic E-state index is 11.9. The number of hydrogen-bond acceptors (Lipinski definition) is 9. The van der Waals surface area contributed by atoms with Gasteiger partial charge in [-0.2, -0.15) is 0 Å². The number of pyridine rings is 1. The summed E-state index contributed by atoms with van der Waals surface area (Å²) in [4.78, 5) is 30.2. The highest BCUT2D eigenvalue weighted by Crippen LogP contribution is 2.23. The van der Waals surface area contributed by atoms with E-state index in [4.69, 9.17) is 0 Å². The van der Waals surface area contributed by atoms with E-state index in [1.54, 1.807) is 24.5 Å². The minimum absolute atomic E-state index is 0.326. The average Bonchev–Trinajstić information content (AvgIpc) is 2.89. The molecule has 0 spiro atoms. The number of anilines is 3. The summed E-state index contributed by atoms with van der Waals surface area (Å²) in [7, 11) is 0. The summed E-state index contributed by atoms with van der Waals surface area (Å²) in [6.45, 7) is 8.16. The Balaban J connectivity index is 1.40. The Morgan fingerprint density at radius 1 is 0.917 bits per heavy atom. The molecule has 0 amide bonds. The van der Waals surface area contributed by atoms with Crippen molar-refractivity contribution in [3.05, 3.63) is 59.9 Å². The summed E-state index contributed by atoms with van der Waals surface area (Å²) < 4.78 is 0. The van der Waals surface area contributed by atoms with Crippen LogP contribution in [0.1, 0.15) is 22.3 Å². The van der Waals surface area contributed by atoms with E-state index < -0.39 is 5.97 Å². The summed E-state index contributed by atoms with van der Waals surface area (Å²) >= 11 is 0. The van der Waals surface area contributed by atoms with Gasteiger partial charge in [-0.15, -0.1) is 0 Å². The first-order valence-electron chi connectivity index (χ1n) is 12.5. The lowest BCUT2D eigenvalue weighted by molar-refractivity contribution is 0.0693. The fourth-order valence-electron chi connectivity index (χ4n) is 4.57. The zero-order valence-corrected chi connectivity index (χ0v) is 20.3. The average molecular weight is 489 g/mol. The van der Waals surface area contributed by atoms with Crippen LogP contribution in [-0.2, 0) is 6.54 Å². The van der Waals surface area contributed by atoms with Crippen LogP contribution in [-0.4, -0.2) is 88.2 Å². The van der Waals surface area contributed by atoms with Gasteiger partial charge in [-0.05, 0) is 54.9 Å². The third-order valence-electron chi connectivity index (χ3n) is 6.61. The Morgan fingerprint density at radius 3 is 2.58 bits per heavy atom. The second-order valence-electron chi connectivity index (χ2n) is 9.15. The molecule has 7 heterocycles. The highest BCUT2D eigenvalue weighted by atomic mass is 16.4. The lowest BCUT2D eigenvalue weighted by atomic mass is 10.1. The van der Waals surface area contributed by atoms with Gasteiger partial charge in [0.05, 0.1) is 11.3 Å². The molecule has 2 aromatic heterocycles. The number of carboxylic acids is 1. The zero-order valence-electron chi connectivity index (χ0n) is 20.3. The summed E-state index contributed by atoms with van der Waals surface area (Å²) in [5, 5.41) is 19.9. The van der Waals surface area contributed by atoms with E-state index in [2.05, 4.69) is 40.7 Å². The smallest absolute Gasteiger partial charge is 0.336 e. The molecule has 1 fully saturated rings. The number of piperazine rings is 1. The van der Waals surface area contributed by atoms with Crippen molar-refractivity contribution in [3.63, 3.8) is 0 Å². The normalized spacial score (nSPS) is 20.8. The molecule has 0 radical (unpaired) electrons. The van der Waals surface area contributed by atoms with Crippen molar-refractivity contribution in [2.45, 2.75) is 13.0 Å². The van der Waals surface area contributed by atoms with Gasteiger partial charge in [0.15, 0.2) is 0 Å². The fourth-order valence-corrected chi connectivity index (χ4v) is 4.57. The Bertz CT molecular complexity index is 1180. The van der Waals surface area contributed by atoms with Gasteiger partial charge in [-0.3, -0.25) is 9.80 Å². The van der Waals surface area contributed by atoms with Crippen LogP contribution in [0.3, 0.4) is 0 Å². The molecule has 1 saturated heterocycles. The Labute approximate surface area is 210 Å². The first kappa shape index (κ1) is 24.1. The molecule has 0 atom stereocenters. The molecule has 188 valence electrons. The fraction of sp³-hybridized carbons (Fsp3) is 0.385. The second kappa shape index (κ2) is 11.4. The van der Waals surface area contributed by atoms with Gasteiger partial charge in [0.25, 0.3) is 0 Å². The molecule has 0 saturated carbocycles. The summed E-state index contributed by atoms with van der Waals surface area (Å²) in [5.74, 6) is 0.374. The lowest BCUT2D eigenvalue weighted by Crippen LogP contribution is -2.47. The first-order chi connectivity index (χ1) is 17.6. The first-order valence-corrected chi connectivity index (χ1v) is 12.5. The number of nitrogens with one attached hydrogen (secondary N) is 3. The van der Waals surface area contributed by atoms with Crippen molar-refractivity contribution in [1.29, 1.82) is 0 Å². The number of aromatic carboxylic acids is 1. The van der Waals surface area contributed by atoms with Crippen LogP contribution >= 0.6 is 0 Å². The summed E-state index contributed by atoms with van der Waals surface area (Å²) in [6, 6.07) is 11.1.